The number of nitrogens with one attached hydrogen (secondary N) is 1. The van der Waals surface area contributed by atoms with Crippen molar-refractivity contribution in [2.24, 2.45) is 0 Å². The molecule has 2 aromatic carbocycles. The molecule has 1 amide bonds. The first-order valence-corrected chi connectivity index (χ1v) is 8.50. The SMILES string of the molecule is Nc1c(C(=O)Nc2ccc(Br)cc2)sc2cccc(Br)c12. The van der Waals surface area contributed by atoms with Gasteiger partial charge >= 0.3 is 0 Å². The third-order valence-corrected chi connectivity index (χ3v) is 5.37. The van der Waals surface area contributed by atoms with Crippen LogP contribution >= 0.6 is 43.2 Å². The zero-order valence-corrected chi connectivity index (χ0v) is 14.7. The normalized spacial score (nSPS) is 10.8. The first-order chi connectivity index (χ1) is 10.1. The number of rotatable bonds is 2. The van der Waals surface area contributed by atoms with E-state index in [-0.39, 0.29) is 5.91 Å². The van der Waals surface area contributed by atoms with Crippen LogP contribution in [0.25, 0.3) is 10.1 Å². The van der Waals surface area contributed by atoms with E-state index in [1.54, 1.807) is 0 Å². The Morgan fingerprint density at radius 3 is 2.48 bits per heavy atom. The van der Waals surface area contributed by atoms with Crippen LogP contribution in [0.4, 0.5) is 11.4 Å². The van der Waals surface area contributed by atoms with Gasteiger partial charge in [-0.3, -0.25) is 4.79 Å². The van der Waals surface area contributed by atoms with Gasteiger partial charge in [0.2, 0.25) is 0 Å². The Kier molecular flexibility index (Phi) is 4.01. The number of fused-ring (bicyclic) bond motifs is 1. The molecule has 0 aliphatic carbocycles. The zero-order valence-electron chi connectivity index (χ0n) is 10.7. The predicted octanol–water partition coefficient (Wildman–Crippen LogP) is 5.26. The molecule has 0 unspecified atom stereocenters. The van der Waals surface area contributed by atoms with Crippen LogP contribution in [-0.4, -0.2) is 5.91 Å². The van der Waals surface area contributed by atoms with E-state index >= 15 is 0 Å². The zero-order chi connectivity index (χ0) is 15.0. The molecule has 0 saturated heterocycles. The summed E-state index contributed by atoms with van der Waals surface area (Å²) in [6.07, 6.45) is 0. The lowest BCUT2D eigenvalue weighted by atomic mass is 10.2. The molecule has 0 aliphatic heterocycles. The second-order valence-electron chi connectivity index (χ2n) is 4.42. The number of benzene rings is 2. The van der Waals surface area contributed by atoms with E-state index in [2.05, 4.69) is 37.2 Å². The highest BCUT2D eigenvalue weighted by atomic mass is 79.9. The second-order valence-corrected chi connectivity index (χ2v) is 7.24. The van der Waals surface area contributed by atoms with Crippen molar-refractivity contribution in [1.82, 2.24) is 0 Å². The van der Waals surface area contributed by atoms with Gasteiger partial charge < -0.3 is 11.1 Å². The molecule has 3 aromatic rings. The second kappa shape index (κ2) is 5.79. The van der Waals surface area contributed by atoms with Crippen LogP contribution in [0.5, 0.6) is 0 Å². The summed E-state index contributed by atoms with van der Waals surface area (Å²) in [5.74, 6) is -0.192. The average Bonchev–Trinajstić information content (AvgIpc) is 2.80. The summed E-state index contributed by atoms with van der Waals surface area (Å²) >= 11 is 8.23. The van der Waals surface area contributed by atoms with Crippen molar-refractivity contribution in [3.63, 3.8) is 0 Å². The third kappa shape index (κ3) is 2.84. The summed E-state index contributed by atoms with van der Waals surface area (Å²) in [4.78, 5) is 12.9. The standard InChI is InChI=1S/C15H10Br2N2OS/c16-8-4-6-9(7-5-8)19-15(20)14-13(18)12-10(17)2-1-3-11(12)21-14/h1-7H,18H2,(H,19,20). The summed E-state index contributed by atoms with van der Waals surface area (Å²) in [7, 11) is 0. The van der Waals surface area contributed by atoms with Crippen LogP contribution in [0, 0.1) is 0 Å². The summed E-state index contributed by atoms with van der Waals surface area (Å²) in [6, 6.07) is 13.2. The van der Waals surface area contributed by atoms with E-state index in [4.69, 9.17) is 5.73 Å². The lowest BCUT2D eigenvalue weighted by Crippen LogP contribution is -2.11. The van der Waals surface area contributed by atoms with E-state index in [1.807, 2.05) is 42.5 Å². The smallest absolute Gasteiger partial charge is 0.267 e. The molecule has 0 aliphatic rings. The number of nitrogen functional groups attached to an aromatic ring is 1. The van der Waals surface area contributed by atoms with Gasteiger partial charge in [0.05, 0.1) is 5.69 Å². The number of anilines is 2. The number of thiophene rings is 1. The van der Waals surface area contributed by atoms with Crippen LogP contribution < -0.4 is 11.1 Å². The maximum absolute atomic E-state index is 12.4. The fourth-order valence-corrected chi connectivity index (χ4v) is 4.04. The molecule has 0 bridgehead atoms. The van der Waals surface area contributed by atoms with Gasteiger partial charge in [-0.05, 0) is 36.4 Å². The highest BCUT2D eigenvalue weighted by Gasteiger charge is 2.17. The molecule has 106 valence electrons. The van der Waals surface area contributed by atoms with Gasteiger partial charge in [-0.1, -0.05) is 37.9 Å². The van der Waals surface area contributed by atoms with Crippen molar-refractivity contribution in [2.75, 3.05) is 11.1 Å². The number of nitrogens with two attached hydrogens (primary N) is 1. The van der Waals surface area contributed by atoms with Crippen molar-refractivity contribution in [3.05, 3.63) is 56.3 Å². The van der Waals surface area contributed by atoms with Gasteiger partial charge in [0, 0.05) is 24.7 Å². The number of carbonyl (C=O) groups excluding carboxylic acids is 1. The fourth-order valence-electron chi connectivity index (χ4n) is 2.02. The molecule has 0 spiro atoms. The largest absolute Gasteiger partial charge is 0.397 e. The van der Waals surface area contributed by atoms with Gasteiger partial charge in [0.1, 0.15) is 4.88 Å². The monoisotopic (exact) mass is 424 g/mol. The molecule has 1 aromatic heterocycles. The molecule has 3 rings (SSSR count). The summed E-state index contributed by atoms with van der Waals surface area (Å²) in [5, 5.41) is 3.75. The van der Waals surface area contributed by atoms with E-state index in [0.717, 1.165) is 24.7 Å². The third-order valence-electron chi connectivity index (χ3n) is 3.01. The first-order valence-electron chi connectivity index (χ1n) is 6.09. The first kappa shape index (κ1) is 14.6. The molecular weight excluding hydrogens is 416 g/mol. The summed E-state index contributed by atoms with van der Waals surface area (Å²) in [5.41, 5.74) is 7.38. The van der Waals surface area contributed by atoms with Crippen molar-refractivity contribution >= 4 is 70.6 Å². The van der Waals surface area contributed by atoms with E-state index < -0.39 is 0 Å². The van der Waals surface area contributed by atoms with Crippen LogP contribution in [0.15, 0.2) is 51.4 Å². The van der Waals surface area contributed by atoms with Crippen LogP contribution in [0.1, 0.15) is 9.67 Å². The predicted molar refractivity (Wildman–Crippen MR) is 96.0 cm³/mol. The van der Waals surface area contributed by atoms with E-state index in [9.17, 15) is 4.79 Å². The van der Waals surface area contributed by atoms with Crippen LogP contribution in [-0.2, 0) is 0 Å². The van der Waals surface area contributed by atoms with Crippen molar-refractivity contribution in [3.8, 4) is 0 Å². The Morgan fingerprint density at radius 2 is 1.81 bits per heavy atom. The lowest BCUT2D eigenvalue weighted by molar-refractivity contribution is 0.103. The molecule has 0 fully saturated rings. The molecule has 3 nitrogen and oxygen atoms in total. The quantitative estimate of drug-likeness (QED) is 0.588. The minimum absolute atomic E-state index is 0.192. The average molecular weight is 426 g/mol. The molecule has 1 heterocycles. The fraction of sp³-hybridized carbons (Fsp3) is 0. The number of hydrogen-bond donors (Lipinski definition) is 2. The Hall–Kier alpha value is -1.37. The van der Waals surface area contributed by atoms with Crippen molar-refractivity contribution < 1.29 is 4.79 Å². The lowest BCUT2D eigenvalue weighted by Gasteiger charge is -2.04. The van der Waals surface area contributed by atoms with Crippen molar-refractivity contribution in [2.45, 2.75) is 0 Å². The Bertz CT molecular complexity index is 828. The van der Waals surface area contributed by atoms with Crippen LogP contribution in [0.2, 0.25) is 0 Å². The molecular formula is C15H10Br2N2OS. The maximum atomic E-state index is 12.4. The molecule has 21 heavy (non-hydrogen) atoms. The Balaban J connectivity index is 1.96. The number of hydrogen-bond acceptors (Lipinski definition) is 3. The van der Waals surface area contributed by atoms with Crippen molar-refractivity contribution in [1.29, 1.82) is 0 Å². The number of halogens is 2. The topological polar surface area (TPSA) is 55.1 Å². The summed E-state index contributed by atoms with van der Waals surface area (Å²) < 4.78 is 2.85. The molecule has 0 saturated carbocycles. The van der Waals surface area contributed by atoms with Gasteiger partial charge in [0.15, 0.2) is 0 Å². The minimum Gasteiger partial charge on any atom is -0.397 e. The number of carbonyl (C=O) groups is 1. The van der Waals surface area contributed by atoms with E-state index in [1.165, 1.54) is 11.3 Å². The highest BCUT2D eigenvalue weighted by Crippen LogP contribution is 2.38. The Morgan fingerprint density at radius 1 is 1.10 bits per heavy atom. The summed E-state index contributed by atoms with van der Waals surface area (Å²) in [6.45, 7) is 0. The molecule has 3 N–H and O–H groups in total. The molecule has 0 radical (unpaired) electrons. The van der Waals surface area contributed by atoms with E-state index in [0.29, 0.717) is 10.6 Å². The molecule has 0 atom stereocenters. The van der Waals surface area contributed by atoms with Gasteiger partial charge in [-0.15, -0.1) is 11.3 Å². The number of amides is 1. The molecule has 6 heteroatoms. The Labute approximate surface area is 142 Å². The maximum Gasteiger partial charge on any atom is 0.267 e. The van der Waals surface area contributed by atoms with Crippen LogP contribution in [0.3, 0.4) is 0 Å². The van der Waals surface area contributed by atoms with Gasteiger partial charge in [-0.2, -0.15) is 0 Å². The minimum atomic E-state index is -0.192. The highest BCUT2D eigenvalue weighted by molar-refractivity contribution is 9.11. The van der Waals surface area contributed by atoms with Gasteiger partial charge in [0.25, 0.3) is 5.91 Å². The van der Waals surface area contributed by atoms with Gasteiger partial charge in [-0.25, -0.2) is 0 Å².